The molecule has 0 radical (unpaired) electrons. The van der Waals surface area contributed by atoms with Crippen molar-refractivity contribution in [1.82, 2.24) is 5.32 Å². The number of benzene rings is 1. The van der Waals surface area contributed by atoms with E-state index in [1.54, 1.807) is 11.8 Å². The quantitative estimate of drug-likeness (QED) is 0.695. The van der Waals surface area contributed by atoms with Gasteiger partial charge in [-0.2, -0.15) is 0 Å². The number of aliphatic hydroxyl groups excluding tert-OH is 1. The van der Waals surface area contributed by atoms with Crippen LogP contribution in [0.4, 0.5) is 10.5 Å². The molecular weight excluding hydrogens is 248 g/mol. The van der Waals surface area contributed by atoms with E-state index in [9.17, 15) is 9.90 Å². The zero-order valence-corrected chi connectivity index (χ0v) is 11.6. The first-order valence-electron chi connectivity index (χ1n) is 6.02. The van der Waals surface area contributed by atoms with Crippen molar-refractivity contribution in [2.45, 2.75) is 30.8 Å². The summed E-state index contributed by atoms with van der Waals surface area (Å²) >= 11 is 1.63. The van der Waals surface area contributed by atoms with Crippen molar-refractivity contribution in [1.29, 1.82) is 0 Å². The molecule has 3 N–H and O–H groups in total. The summed E-state index contributed by atoms with van der Waals surface area (Å²) in [7, 11) is 0. The van der Waals surface area contributed by atoms with E-state index in [0.29, 0.717) is 19.4 Å². The number of rotatable bonds is 6. The van der Waals surface area contributed by atoms with Crippen LogP contribution in [0.15, 0.2) is 29.2 Å². The van der Waals surface area contributed by atoms with E-state index >= 15 is 0 Å². The van der Waals surface area contributed by atoms with Gasteiger partial charge in [0.25, 0.3) is 0 Å². The average Bonchev–Trinajstić information content (AvgIpc) is 2.38. The molecule has 0 aliphatic rings. The molecule has 4 nitrogen and oxygen atoms in total. The number of hydrogen-bond donors (Lipinski definition) is 3. The Morgan fingerprint density at radius 3 is 2.94 bits per heavy atom. The zero-order valence-electron chi connectivity index (χ0n) is 10.8. The third kappa shape index (κ3) is 5.42. The summed E-state index contributed by atoms with van der Waals surface area (Å²) in [6.07, 6.45) is 2.93. The minimum Gasteiger partial charge on any atom is -0.393 e. The Morgan fingerprint density at radius 1 is 1.50 bits per heavy atom. The standard InChI is InChI=1S/C13H20N2O2S/c1-3-11(16)7-8-14-13(17)15-10-5-4-6-12(9-10)18-2/h4-6,9,11,16H,3,7-8H2,1-2H3,(H2,14,15,17). The molecule has 0 heterocycles. The number of urea groups is 1. The maximum Gasteiger partial charge on any atom is 0.319 e. The van der Waals surface area contributed by atoms with Crippen LogP contribution in [-0.2, 0) is 0 Å². The summed E-state index contributed by atoms with van der Waals surface area (Å²) in [5.41, 5.74) is 0.774. The van der Waals surface area contributed by atoms with E-state index in [-0.39, 0.29) is 12.1 Å². The number of aliphatic hydroxyl groups is 1. The molecule has 1 rings (SSSR count). The van der Waals surface area contributed by atoms with Crippen LogP contribution in [0.25, 0.3) is 0 Å². The third-order valence-corrected chi connectivity index (χ3v) is 3.29. The van der Waals surface area contributed by atoms with Gasteiger partial charge in [-0.25, -0.2) is 4.79 Å². The Kier molecular flexibility index (Phi) is 6.60. The van der Waals surface area contributed by atoms with Crippen molar-refractivity contribution in [2.24, 2.45) is 0 Å². The molecule has 0 saturated heterocycles. The highest BCUT2D eigenvalue weighted by Gasteiger charge is 2.04. The predicted octanol–water partition coefficient (Wildman–Crippen LogP) is 2.69. The number of amides is 2. The van der Waals surface area contributed by atoms with E-state index in [4.69, 9.17) is 0 Å². The van der Waals surface area contributed by atoms with Crippen LogP contribution >= 0.6 is 11.8 Å². The molecule has 1 aromatic rings. The van der Waals surface area contributed by atoms with Crippen molar-refractivity contribution in [3.63, 3.8) is 0 Å². The van der Waals surface area contributed by atoms with Gasteiger partial charge in [0.1, 0.15) is 0 Å². The fourth-order valence-electron chi connectivity index (χ4n) is 1.43. The van der Waals surface area contributed by atoms with Crippen molar-refractivity contribution in [3.05, 3.63) is 24.3 Å². The van der Waals surface area contributed by atoms with Crippen molar-refractivity contribution < 1.29 is 9.90 Å². The maximum atomic E-state index is 11.6. The lowest BCUT2D eigenvalue weighted by Gasteiger charge is -2.10. The van der Waals surface area contributed by atoms with Crippen molar-refractivity contribution in [2.75, 3.05) is 18.1 Å². The monoisotopic (exact) mass is 268 g/mol. The fourth-order valence-corrected chi connectivity index (χ4v) is 1.89. The zero-order chi connectivity index (χ0) is 13.4. The topological polar surface area (TPSA) is 61.4 Å². The Balaban J connectivity index is 2.35. The van der Waals surface area contributed by atoms with Crippen LogP contribution in [0.2, 0.25) is 0 Å². The fraction of sp³-hybridized carbons (Fsp3) is 0.462. The summed E-state index contributed by atoms with van der Waals surface area (Å²) in [6.45, 7) is 2.39. The van der Waals surface area contributed by atoms with Crippen LogP contribution in [0.5, 0.6) is 0 Å². The van der Waals surface area contributed by atoms with E-state index in [1.165, 1.54) is 0 Å². The highest BCUT2D eigenvalue weighted by atomic mass is 32.2. The van der Waals surface area contributed by atoms with Gasteiger partial charge in [-0.15, -0.1) is 11.8 Å². The molecule has 18 heavy (non-hydrogen) atoms. The number of anilines is 1. The van der Waals surface area contributed by atoms with Crippen molar-refractivity contribution in [3.8, 4) is 0 Å². The Bertz CT molecular complexity index is 385. The molecule has 1 atom stereocenters. The molecule has 0 fully saturated rings. The molecular formula is C13H20N2O2S. The second kappa shape index (κ2) is 8.00. The summed E-state index contributed by atoms with van der Waals surface area (Å²) < 4.78 is 0. The number of nitrogens with one attached hydrogen (secondary N) is 2. The number of carbonyl (C=O) groups is 1. The first kappa shape index (κ1) is 14.9. The summed E-state index contributed by atoms with van der Waals surface area (Å²) in [5, 5.41) is 14.8. The number of thioether (sulfide) groups is 1. The van der Waals surface area contributed by atoms with Crippen LogP contribution in [0.1, 0.15) is 19.8 Å². The number of hydrogen-bond acceptors (Lipinski definition) is 3. The summed E-state index contributed by atoms with van der Waals surface area (Å²) in [4.78, 5) is 12.7. The normalized spacial score (nSPS) is 11.9. The first-order valence-corrected chi connectivity index (χ1v) is 7.25. The molecule has 0 spiro atoms. The Morgan fingerprint density at radius 2 is 2.28 bits per heavy atom. The van der Waals surface area contributed by atoms with Gasteiger partial charge in [0.15, 0.2) is 0 Å². The van der Waals surface area contributed by atoms with Crippen LogP contribution in [0.3, 0.4) is 0 Å². The third-order valence-electron chi connectivity index (χ3n) is 2.56. The lowest BCUT2D eigenvalue weighted by atomic mass is 10.2. The molecule has 1 aromatic carbocycles. The van der Waals surface area contributed by atoms with Gasteiger partial charge >= 0.3 is 6.03 Å². The van der Waals surface area contributed by atoms with Gasteiger partial charge < -0.3 is 15.7 Å². The molecule has 2 amide bonds. The molecule has 5 heteroatoms. The van der Waals surface area contributed by atoms with E-state index < -0.39 is 0 Å². The lowest BCUT2D eigenvalue weighted by molar-refractivity contribution is 0.160. The van der Waals surface area contributed by atoms with Gasteiger partial charge in [0.05, 0.1) is 6.10 Å². The van der Waals surface area contributed by atoms with Gasteiger partial charge in [0, 0.05) is 17.1 Å². The molecule has 100 valence electrons. The Labute approximate surface area is 112 Å². The minimum atomic E-state index is -0.342. The highest BCUT2D eigenvalue weighted by Crippen LogP contribution is 2.18. The van der Waals surface area contributed by atoms with Crippen LogP contribution in [-0.4, -0.2) is 30.0 Å². The highest BCUT2D eigenvalue weighted by molar-refractivity contribution is 7.98. The van der Waals surface area contributed by atoms with Gasteiger partial charge in [-0.3, -0.25) is 0 Å². The SMILES string of the molecule is CCC(O)CCNC(=O)Nc1cccc(SC)c1. The van der Waals surface area contributed by atoms with E-state index in [2.05, 4.69) is 10.6 Å². The molecule has 0 aliphatic heterocycles. The number of carbonyl (C=O) groups excluding carboxylic acids is 1. The summed E-state index contributed by atoms with van der Waals surface area (Å²) in [5.74, 6) is 0. The molecule has 0 aliphatic carbocycles. The van der Waals surface area contributed by atoms with Crippen LogP contribution in [0, 0.1) is 0 Å². The largest absolute Gasteiger partial charge is 0.393 e. The maximum absolute atomic E-state index is 11.6. The molecule has 0 bridgehead atoms. The smallest absolute Gasteiger partial charge is 0.319 e. The van der Waals surface area contributed by atoms with Crippen LogP contribution < -0.4 is 10.6 Å². The average molecular weight is 268 g/mol. The van der Waals surface area contributed by atoms with Crippen molar-refractivity contribution >= 4 is 23.5 Å². The molecule has 0 aromatic heterocycles. The van der Waals surface area contributed by atoms with Gasteiger partial charge in [0.2, 0.25) is 0 Å². The lowest BCUT2D eigenvalue weighted by Crippen LogP contribution is -2.31. The van der Waals surface area contributed by atoms with Gasteiger partial charge in [-0.05, 0) is 37.3 Å². The first-order chi connectivity index (χ1) is 8.65. The second-order valence-corrected chi connectivity index (χ2v) is 4.84. The van der Waals surface area contributed by atoms with E-state index in [1.807, 2.05) is 37.4 Å². The van der Waals surface area contributed by atoms with E-state index in [0.717, 1.165) is 10.6 Å². The summed E-state index contributed by atoms with van der Waals surface area (Å²) in [6, 6.07) is 7.43. The molecule has 1 unspecified atom stereocenters. The van der Waals surface area contributed by atoms with Gasteiger partial charge in [-0.1, -0.05) is 13.0 Å². The second-order valence-electron chi connectivity index (χ2n) is 3.96. The molecule has 0 saturated carbocycles. The Hall–Kier alpha value is -1.20. The predicted molar refractivity (Wildman–Crippen MR) is 76.2 cm³/mol. The minimum absolute atomic E-state index is 0.239.